The van der Waals surface area contributed by atoms with Gasteiger partial charge in [-0.3, -0.25) is 0 Å². The van der Waals surface area contributed by atoms with E-state index in [0.29, 0.717) is 17.5 Å². The number of rotatable bonds is 3. The number of amides is 2. The van der Waals surface area contributed by atoms with Crippen molar-refractivity contribution in [1.29, 1.82) is 0 Å². The quantitative estimate of drug-likeness (QED) is 0.799. The number of hydrogen-bond acceptors (Lipinski definition) is 2. The fraction of sp³-hybridized carbons (Fsp3) is 0.500. The van der Waals surface area contributed by atoms with E-state index in [2.05, 4.69) is 24.5 Å². The molecule has 1 aromatic rings. The van der Waals surface area contributed by atoms with Gasteiger partial charge in [-0.2, -0.15) is 0 Å². The molecule has 0 radical (unpaired) electrons. The Morgan fingerprint density at radius 3 is 2.57 bits per heavy atom. The topological polar surface area (TPSA) is 78.4 Å². The van der Waals surface area contributed by atoms with Gasteiger partial charge in [0.15, 0.2) is 0 Å². The summed E-state index contributed by atoms with van der Waals surface area (Å²) in [6, 6.07) is 6.22. The van der Waals surface area contributed by atoms with Crippen molar-refractivity contribution >= 4 is 17.7 Å². The number of hydrogen-bond donors (Lipinski definition) is 3. The number of nitrogens with one attached hydrogen (secondary N) is 2. The number of carboxylic acids is 1. The Kier molecular flexibility index (Phi) is 4.83. The van der Waals surface area contributed by atoms with Gasteiger partial charge in [0.05, 0.1) is 11.3 Å². The molecule has 0 aliphatic heterocycles. The van der Waals surface area contributed by atoms with Gasteiger partial charge in [0.1, 0.15) is 0 Å². The molecule has 21 heavy (non-hydrogen) atoms. The minimum atomic E-state index is -1.05. The first-order chi connectivity index (χ1) is 9.97. The summed E-state index contributed by atoms with van der Waals surface area (Å²) in [6.07, 6.45) is 3.19. The summed E-state index contributed by atoms with van der Waals surface area (Å²) in [5.74, 6) is 0.0915. The van der Waals surface area contributed by atoms with E-state index in [-0.39, 0.29) is 17.6 Å². The van der Waals surface area contributed by atoms with Crippen LogP contribution in [-0.2, 0) is 0 Å². The molecular formula is C16H22N2O3. The highest BCUT2D eigenvalue weighted by molar-refractivity contribution is 6.00. The number of para-hydroxylation sites is 1. The largest absolute Gasteiger partial charge is 0.478 e. The molecule has 1 aromatic carbocycles. The SMILES string of the molecule is CC1CCC(NC(=O)Nc2ccccc2C(=O)O)C(C)C1. The van der Waals surface area contributed by atoms with Crippen LogP contribution in [0.4, 0.5) is 10.5 Å². The van der Waals surface area contributed by atoms with E-state index in [1.807, 2.05) is 0 Å². The second-order valence-electron chi connectivity index (χ2n) is 5.95. The number of urea groups is 1. The van der Waals surface area contributed by atoms with Gasteiger partial charge < -0.3 is 15.7 Å². The van der Waals surface area contributed by atoms with E-state index in [9.17, 15) is 9.59 Å². The van der Waals surface area contributed by atoms with Crippen molar-refractivity contribution in [1.82, 2.24) is 5.32 Å². The summed E-state index contributed by atoms with van der Waals surface area (Å²) in [5.41, 5.74) is 0.414. The molecule has 114 valence electrons. The van der Waals surface area contributed by atoms with Gasteiger partial charge in [-0.1, -0.05) is 26.0 Å². The zero-order chi connectivity index (χ0) is 15.4. The first-order valence-electron chi connectivity index (χ1n) is 7.37. The third-order valence-corrected chi connectivity index (χ3v) is 4.15. The fourth-order valence-electron chi connectivity index (χ4n) is 2.99. The van der Waals surface area contributed by atoms with Crippen LogP contribution in [-0.4, -0.2) is 23.1 Å². The molecule has 5 nitrogen and oxygen atoms in total. The van der Waals surface area contributed by atoms with Crippen LogP contribution >= 0.6 is 0 Å². The maximum absolute atomic E-state index is 12.1. The van der Waals surface area contributed by atoms with Crippen LogP contribution in [0.5, 0.6) is 0 Å². The predicted octanol–water partition coefficient (Wildman–Crippen LogP) is 3.33. The summed E-state index contributed by atoms with van der Waals surface area (Å²) in [6.45, 7) is 4.38. The minimum absolute atomic E-state index is 0.0953. The number of aromatic carboxylic acids is 1. The molecule has 0 heterocycles. The zero-order valence-corrected chi connectivity index (χ0v) is 12.4. The lowest BCUT2D eigenvalue weighted by Gasteiger charge is -2.33. The highest BCUT2D eigenvalue weighted by Crippen LogP contribution is 2.28. The van der Waals surface area contributed by atoms with Crippen molar-refractivity contribution in [2.45, 2.75) is 39.2 Å². The molecule has 0 bridgehead atoms. The third-order valence-electron chi connectivity index (χ3n) is 4.15. The lowest BCUT2D eigenvalue weighted by atomic mass is 9.80. The summed E-state index contributed by atoms with van der Waals surface area (Å²) in [5, 5.41) is 14.7. The number of carbonyl (C=O) groups excluding carboxylic acids is 1. The smallest absolute Gasteiger partial charge is 0.337 e. The van der Waals surface area contributed by atoms with Gasteiger partial charge in [-0.05, 0) is 43.2 Å². The second-order valence-corrected chi connectivity index (χ2v) is 5.95. The monoisotopic (exact) mass is 290 g/mol. The summed E-state index contributed by atoms with van der Waals surface area (Å²) >= 11 is 0. The summed E-state index contributed by atoms with van der Waals surface area (Å²) in [7, 11) is 0. The Morgan fingerprint density at radius 2 is 1.90 bits per heavy atom. The summed E-state index contributed by atoms with van der Waals surface area (Å²) in [4.78, 5) is 23.2. The van der Waals surface area contributed by atoms with Crippen LogP contribution in [0.2, 0.25) is 0 Å². The molecule has 1 fully saturated rings. The van der Waals surface area contributed by atoms with Crippen molar-refractivity contribution in [2.24, 2.45) is 11.8 Å². The molecule has 3 unspecified atom stereocenters. The first kappa shape index (κ1) is 15.4. The minimum Gasteiger partial charge on any atom is -0.478 e. The molecule has 0 saturated heterocycles. The number of anilines is 1. The normalized spacial score (nSPS) is 25.1. The molecule has 2 amide bonds. The van der Waals surface area contributed by atoms with Gasteiger partial charge >= 0.3 is 12.0 Å². The van der Waals surface area contributed by atoms with Crippen molar-refractivity contribution in [2.75, 3.05) is 5.32 Å². The Labute approximate surface area is 124 Å². The molecule has 1 saturated carbocycles. The average Bonchev–Trinajstić information content (AvgIpc) is 2.42. The maximum Gasteiger partial charge on any atom is 0.337 e. The fourth-order valence-corrected chi connectivity index (χ4v) is 2.99. The standard InChI is InChI=1S/C16H22N2O3/c1-10-7-8-13(11(2)9-10)17-16(21)18-14-6-4-3-5-12(14)15(19)20/h3-6,10-11,13H,7-9H2,1-2H3,(H,19,20)(H2,17,18,21). The van der Waals surface area contributed by atoms with Crippen LogP contribution in [0.25, 0.3) is 0 Å². The molecule has 0 aromatic heterocycles. The molecule has 0 spiro atoms. The molecular weight excluding hydrogens is 268 g/mol. The van der Waals surface area contributed by atoms with Gasteiger partial charge in [0.2, 0.25) is 0 Å². The molecule has 1 aliphatic carbocycles. The van der Waals surface area contributed by atoms with Crippen LogP contribution < -0.4 is 10.6 Å². The molecule has 2 rings (SSSR count). The lowest BCUT2D eigenvalue weighted by molar-refractivity contribution is 0.0698. The van der Waals surface area contributed by atoms with Crippen LogP contribution in [0.1, 0.15) is 43.5 Å². The lowest BCUT2D eigenvalue weighted by Crippen LogP contribution is -2.44. The number of benzene rings is 1. The first-order valence-corrected chi connectivity index (χ1v) is 7.37. The van der Waals surface area contributed by atoms with Crippen molar-refractivity contribution in [3.05, 3.63) is 29.8 Å². The van der Waals surface area contributed by atoms with Crippen LogP contribution in [0, 0.1) is 11.8 Å². The number of carboxylic acid groups (broad SMARTS) is 1. The Bertz CT molecular complexity index is 530. The Morgan fingerprint density at radius 1 is 1.19 bits per heavy atom. The maximum atomic E-state index is 12.1. The van der Waals surface area contributed by atoms with E-state index >= 15 is 0 Å². The highest BCUT2D eigenvalue weighted by atomic mass is 16.4. The molecule has 3 N–H and O–H groups in total. The van der Waals surface area contributed by atoms with Gasteiger partial charge in [-0.25, -0.2) is 9.59 Å². The Balaban J connectivity index is 1.98. The second kappa shape index (κ2) is 6.61. The van der Waals surface area contributed by atoms with Crippen LogP contribution in [0.15, 0.2) is 24.3 Å². The molecule has 5 heteroatoms. The molecule has 3 atom stereocenters. The van der Waals surface area contributed by atoms with E-state index in [4.69, 9.17) is 5.11 Å². The van der Waals surface area contributed by atoms with E-state index < -0.39 is 5.97 Å². The van der Waals surface area contributed by atoms with Gasteiger partial charge in [0.25, 0.3) is 0 Å². The van der Waals surface area contributed by atoms with E-state index in [1.165, 1.54) is 6.07 Å². The zero-order valence-electron chi connectivity index (χ0n) is 12.4. The Hall–Kier alpha value is -2.04. The molecule has 1 aliphatic rings. The van der Waals surface area contributed by atoms with Crippen molar-refractivity contribution in [3.63, 3.8) is 0 Å². The third kappa shape index (κ3) is 3.97. The summed E-state index contributed by atoms with van der Waals surface area (Å²) < 4.78 is 0. The van der Waals surface area contributed by atoms with Crippen molar-refractivity contribution < 1.29 is 14.7 Å². The van der Waals surface area contributed by atoms with Crippen LogP contribution in [0.3, 0.4) is 0 Å². The van der Waals surface area contributed by atoms with Crippen molar-refractivity contribution in [3.8, 4) is 0 Å². The van der Waals surface area contributed by atoms with Gasteiger partial charge in [0, 0.05) is 6.04 Å². The highest BCUT2D eigenvalue weighted by Gasteiger charge is 2.26. The van der Waals surface area contributed by atoms with E-state index in [1.54, 1.807) is 18.2 Å². The predicted molar refractivity (Wildman–Crippen MR) is 81.5 cm³/mol. The number of carbonyl (C=O) groups is 2. The average molecular weight is 290 g/mol. The van der Waals surface area contributed by atoms with E-state index in [0.717, 1.165) is 19.3 Å². The van der Waals surface area contributed by atoms with Gasteiger partial charge in [-0.15, -0.1) is 0 Å².